The Balaban J connectivity index is 2.30. The molecule has 1 aliphatic heterocycles. The Morgan fingerprint density at radius 3 is 2.89 bits per heavy atom. The van der Waals surface area contributed by atoms with Crippen molar-refractivity contribution in [2.24, 2.45) is 5.73 Å². The minimum atomic E-state index is -0.484. The molecule has 19 heavy (non-hydrogen) atoms. The van der Waals surface area contributed by atoms with E-state index in [0.29, 0.717) is 5.69 Å². The molecule has 7 heteroatoms. The maximum atomic E-state index is 11.8. The van der Waals surface area contributed by atoms with Gasteiger partial charge in [-0.15, -0.1) is 0 Å². The molecule has 104 valence electrons. The average molecular weight is 392 g/mol. The van der Waals surface area contributed by atoms with Gasteiger partial charge in [0.15, 0.2) is 0 Å². The summed E-state index contributed by atoms with van der Waals surface area (Å²) in [6.07, 6.45) is 2.68. The molecule has 0 spiro atoms. The standard InChI is InChI=1S/C12H16Br2N4O/c13-8-6-9(14)10(17-7-8)11(12(15)19)18-4-1-2-16-3-5-18/h6-7,11,16H,1-5H2,(H2,15,19). The smallest absolute Gasteiger partial charge is 0.241 e. The summed E-state index contributed by atoms with van der Waals surface area (Å²) in [5, 5.41) is 3.31. The zero-order valence-corrected chi connectivity index (χ0v) is 13.6. The van der Waals surface area contributed by atoms with Crippen LogP contribution in [-0.2, 0) is 4.79 Å². The van der Waals surface area contributed by atoms with Crippen LogP contribution in [0.1, 0.15) is 18.2 Å². The molecule has 1 amide bonds. The normalized spacial score (nSPS) is 18.8. The molecule has 1 fully saturated rings. The van der Waals surface area contributed by atoms with Crippen LogP contribution in [0, 0.1) is 0 Å². The highest BCUT2D eigenvalue weighted by molar-refractivity contribution is 9.11. The summed E-state index contributed by atoms with van der Waals surface area (Å²) < 4.78 is 1.66. The Labute approximate surface area is 129 Å². The third-order valence-corrected chi connectivity index (χ3v) is 4.17. The number of carbonyl (C=O) groups is 1. The van der Waals surface area contributed by atoms with Gasteiger partial charge in [0, 0.05) is 34.8 Å². The van der Waals surface area contributed by atoms with Gasteiger partial charge < -0.3 is 11.1 Å². The number of amides is 1. The highest BCUT2D eigenvalue weighted by atomic mass is 79.9. The second-order valence-electron chi connectivity index (χ2n) is 4.47. The van der Waals surface area contributed by atoms with Gasteiger partial charge in [-0.2, -0.15) is 0 Å². The molecule has 2 rings (SSSR count). The van der Waals surface area contributed by atoms with Crippen LogP contribution in [0.4, 0.5) is 0 Å². The van der Waals surface area contributed by atoms with Crippen LogP contribution in [0.25, 0.3) is 0 Å². The SMILES string of the molecule is NC(=O)C(c1ncc(Br)cc1Br)N1CCCNCC1. The largest absolute Gasteiger partial charge is 0.368 e. The van der Waals surface area contributed by atoms with Crippen molar-refractivity contribution in [1.82, 2.24) is 15.2 Å². The van der Waals surface area contributed by atoms with Gasteiger partial charge in [-0.05, 0) is 50.9 Å². The van der Waals surface area contributed by atoms with Crippen LogP contribution in [0.15, 0.2) is 21.2 Å². The fourth-order valence-electron chi connectivity index (χ4n) is 2.24. The summed E-state index contributed by atoms with van der Waals surface area (Å²) in [4.78, 5) is 18.3. The van der Waals surface area contributed by atoms with Crippen LogP contribution in [-0.4, -0.2) is 42.0 Å². The lowest BCUT2D eigenvalue weighted by molar-refractivity contribution is -0.123. The maximum Gasteiger partial charge on any atom is 0.241 e. The first-order chi connectivity index (χ1) is 9.09. The number of hydrogen-bond donors (Lipinski definition) is 2. The number of pyridine rings is 1. The van der Waals surface area contributed by atoms with E-state index in [1.807, 2.05) is 6.07 Å². The minimum absolute atomic E-state index is 0.363. The van der Waals surface area contributed by atoms with E-state index < -0.39 is 6.04 Å². The van der Waals surface area contributed by atoms with Crippen LogP contribution < -0.4 is 11.1 Å². The van der Waals surface area contributed by atoms with Crippen LogP contribution in [0.5, 0.6) is 0 Å². The zero-order valence-electron chi connectivity index (χ0n) is 10.4. The molecule has 3 N–H and O–H groups in total. The van der Waals surface area contributed by atoms with Crippen LogP contribution in [0.3, 0.4) is 0 Å². The molecule has 1 aromatic heterocycles. The summed E-state index contributed by atoms with van der Waals surface area (Å²) in [6.45, 7) is 3.46. The Bertz CT molecular complexity index is 461. The third-order valence-electron chi connectivity index (χ3n) is 3.10. The van der Waals surface area contributed by atoms with E-state index >= 15 is 0 Å². The van der Waals surface area contributed by atoms with E-state index in [0.717, 1.165) is 41.5 Å². The second kappa shape index (κ2) is 6.78. The molecule has 1 aliphatic rings. The van der Waals surface area contributed by atoms with Gasteiger partial charge in [0.05, 0.1) is 5.69 Å². The summed E-state index contributed by atoms with van der Waals surface area (Å²) in [5.74, 6) is -0.363. The maximum absolute atomic E-state index is 11.8. The lowest BCUT2D eigenvalue weighted by Crippen LogP contribution is -2.40. The van der Waals surface area contributed by atoms with E-state index in [2.05, 4.69) is 47.1 Å². The van der Waals surface area contributed by atoms with Crippen molar-refractivity contribution < 1.29 is 4.79 Å². The Hall–Kier alpha value is -0.500. The molecule has 2 heterocycles. The van der Waals surface area contributed by atoms with E-state index in [4.69, 9.17) is 5.73 Å². The summed E-state index contributed by atoms with van der Waals surface area (Å²) >= 11 is 6.82. The lowest BCUT2D eigenvalue weighted by atomic mass is 10.1. The van der Waals surface area contributed by atoms with E-state index in [-0.39, 0.29) is 5.91 Å². The summed E-state index contributed by atoms with van der Waals surface area (Å²) in [7, 11) is 0. The quantitative estimate of drug-likeness (QED) is 0.817. The molecule has 1 aromatic rings. The van der Waals surface area contributed by atoms with Gasteiger partial charge in [-0.3, -0.25) is 14.7 Å². The number of nitrogens with zero attached hydrogens (tertiary/aromatic N) is 2. The number of rotatable bonds is 3. The Morgan fingerprint density at radius 1 is 1.42 bits per heavy atom. The topological polar surface area (TPSA) is 71.2 Å². The number of nitrogens with one attached hydrogen (secondary N) is 1. The Kier molecular flexibility index (Phi) is 5.32. The molecular weight excluding hydrogens is 376 g/mol. The molecular formula is C12H16Br2N4O. The van der Waals surface area contributed by atoms with Crippen molar-refractivity contribution in [3.05, 3.63) is 26.9 Å². The first-order valence-corrected chi connectivity index (χ1v) is 7.73. The number of hydrogen-bond acceptors (Lipinski definition) is 4. The molecule has 0 saturated carbocycles. The van der Waals surface area contributed by atoms with Gasteiger partial charge in [0.1, 0.15) is 6.04 Å². The second-order valence-corrected chi connectivity index (χ2v) is 6.24. The van der Waals surface area contributed by atoms with Gasteiger partial charge in [-0.25, -0.2) is 0 Å². The van der Waals surface area contributed by atoms with E-state index in [1.54, 1.807) is 6.20 Å². The predicted octanol–water partition coefficient (Wildman–Crippen LogP) is 1.43. The van der Waals surface area contributed by atoms with Crippen LogP contribution >= 0.6 is 31.9 Å². The van der Waals surface area contributed by atoms with Crippen molar-refractivity contribution in [3.63, 3.8) is 0 Å². The Morgan fingerprint density at radius 2 is 2.21 bits per heavy atom. The van der Waals surface area contributed by atoms with Crippen molar-refractivity contribution >= 4 is 37.8 Å². The van der Waals surface area contributed by atoms with Crippen molar-refractivity contribution in [2.45, 2.75) is 12.5 Å². The number of aromatic nitrogens is 1. The molecule has 1 atom stereocenters. The monoisotopic (exact) mass is 390 g/mol. The fourth-order valence-corrected chi connectivity index (χ4v) is 3.44. The van der Waals surface area contributed by atoms with Gasteiger partial charge in [0.25, 0.3) is 0 Å². The number of halogens is 2. The third kappa shape index (κ3) is 3.75. The van der Waals surface area contributed by atoms with E-state index in [1.165, 1.54) is 0 Å². The fraction of sp³-hybridized carbons (Fsp3) is 0.500. The molecule has 0 aromatic carbocycles. The number of primary amides is 1. The van der Waals surface area contributed by atoms with Crippen molar-refractivity contribution in [1.29, 1.82) is 0 Å². The zero-order chi connectivity index (χ0) is 13.8. The lowest BCUT2D eigenvalue weighted by Gasteiger charge is -2.28. The molecule has 0 bridgehead atoms. The minimum Gasteiger partial charge on any atom is -0.368 e. The van der Waals surface area contributed by atoms with Crippen molar-refractivity contribution in [2.75, 3.05) is 26.2 Å². The summed E-state index contributed by atoms with van der Waals surface area (Å²) in [5.41, 5.74) is 6.26. The van der Waals surface area contributed by atoms with Gasteiger partial charge in [0.2, 0.25) is 5.91 Å². The molecule has 5 nitrogen and oxygen atoms in total. The van der Waals surface area contributed by atoms with Gasteiger partial charge >= 0.3 is 0 Å². The van der Waals surface area contributed by atoms with Crippen molar-refractivity contribution in [3.8, 4) is 0 Å². The number of nitrogens with two attached hydrogens (primary N) is 1. The molecule has 0 aliphatic carbocycles. The summed E-state index contributed by atoms with van der Waals surface area (Å²) in [6, 6.07) is 1.40. The first kappa shape index (κ1) is 14.9. The highest BCUT2D eigenvalue weighted by Crippen LogP contribution is 2.28. The molecule has 1 unspecified atom stereocenters. The predicted molar refractivity (Wildman–Crippen MR) is 80.6 cm³/mol. The average Bonchev–Trinajstić information content (AvgIpc) is 2.61. The first-order valence-electron chi connectivity index (χ1n) is 6.14. The van der Waals surface area contributed by atoms with E-state index in [9.17, 15) is 4.79 Å². The van der Waals surface area contributed by atoms with Gasteiger partial charge in [-0.1, -0.05) is 0 Å². The molecule has 1 saturated heterocycles. The number of carbonyl (C=O) groups excluding carboxylic acids is 1. The van der Waals surface area contributed by atoms with Crippen LogP contribution in [0.2, 0.25) is 0 Å². The molecule has 0 radical (unpaired) electrons. The highest BCUT2D eigenvalue weighted by Gasteiger charge is 2.29.